The average molecular weight is 348 g/mol. The number of aromatic nitrogens is 3. The first kappa shape index (κ1) is 16.5. The van der Waals surface area contributed by atoms with Gasteiger partial charge in [-0.25, -0.2) is 9.97 Å². The molecule has 6 heteroatoms. The van der Waals surface area contributed by atoms with Crippen LogP contribution in [-0.2, 0) is 7.05 Å². The molecule has 3 aromatic rings. The van der Waals surface area contributed by atoms with E-state index in [0.29, 0.717) is 11.7 Å². The van der Waals surface area contributed by atoms with Crippen LogP contribution in [0.5, 0.6) is 0 Å². The highest BCUT2D eigenvalue weighted by atomic mass is 16.3. The highest BCUT2D eigenvalue weighted by Gasteiger charge is 2.30. The van der Waals surface area contributed by atoms with E-state index in [1.807, 2.05) is 31.3 Å². The molecule has 4 rings (SSSR count). The number of Topliss-reactive ketones (excluding diaryl/α,β-unsaturated/α-hetero) is 1. The average Bonchev–Trinajstić information content (AvgIpc) is 3.29. The molecule has 0 amide bonds. The van der Waals surface area contributed by atoms with Gasteiger partial charge < -0.3 is 8.98 Å². The zero-order chi connectivity index (χ0) is 18.1. The minimum absolute atomic E-state index is 0.212. The minimum Gasteiger partial charge on any atom is -0.448 e. The summed E-state index contributed by atoms with van der Waals surface area (Å²) in [6, 6.07) is 9.67. The molecule has 0 spiro atoms. The van der Waals surface area contributed by atoms with Crippen molar-refractivity contribution in [3.05, 3.63) is 47.9 Å². The van der Waals surface area contributed by atoms with Crippen molar-refractivity contribution in [3.8, 4) is 6.07 Å². The van der Waals surface area contributed by atoms with Crippen molar-refractivity contribution in [3.63, 3.8) is 0 Å². The van der Waals surface area contributed by atoms with E-state index in [-0.39, 0.29) is 17.4 Å². The molecular formula is C20H20N4O2. The van der Waals surface area contributed by atoms with Gasteiger partial charge in [0.1, 0.15) is 17.8 Å². The monoisotopic (exact) mass is 348 g/mol. The lowest BCUT2D eigenvalue weighted by molar-refractivity contribution is 0.0970. The fourth-order valence-electron chi connectivity index (χ4n) is 3.74. The number of imidazole rings is 1. The summed E-state index contributed by atoms with van der Waals surface area (Å²) < 4.78 is 7.37. The lowest BCUT2D eigenvalue weighted by Crippen LogP contribution is -2.16. The standard InChI is InChI=1S/C20H20N4O2/c1-24-17-10-6-5-9-15(17)22-19(24)14(11-21)18(25)16-12-26-20(23-16)13-7-3-2-4-8-13/h5-6,9-10,12-14H,2-4,7-8H2,1H3. The van der Waals surface area contributed by atoms with Crippen LogP contribution < -0.4 is 0 Å². The molecule has 0 radical (unpaired) electrons. The quantitative estimate of drug-likeness (QED) is 0.663. The van der Waals surface area contributed by atoms with Crippen LogP contribution in [0.3, 0.4) is 0 Å². The van der Waals surface area contributed by atoms with Crippen molar-refractivity contribution >= 4 is 16.8 Å². The van der Waals surface area contributed by atoms with Gasteiger partial charge in [-0.2, -0.15) is 5.26 Å². The van der Waals surface area contributed by atoms with Gasteiger partial charge in [-0.15, -0.1) is 0 Å². The molecule has 26 heavy (non-hydrogen) atoms. The molecule has 0 N–H and O–H groups in total. The maximum Gasteiger partial charge on any atom is 0.209 e. The number of aryl methyl sites for hydroxylation is 1. The lowest BCUT2D eigenvalue weighted by atomic mass is 9.89. The summed E-state index contributed by atoms with van der Waals surface area (Å²) in [4.78, 5) is 21.8. The van der Waals surface area contributed by atoms with Gasteiger partial charge in [-0.3, -0.25) is 4.79 Å². The largest absolute Gasteiger partial charge is 0.448 e. The number of hydrogen-bond acceptors (Lipinski definition) is 5. The lowest BCUT2D eigenvalue weighted by Gasteiger charge is -2.17. The molecule has 2 aromatic heterocycles. The summed E-state index contributed by atoms with van der Waals surface area (Å²) in [5.41, 5.74) is 1.86. The van der Waals surface area contributed by atoms with Crippen LogP contribution in [0.4, 0.5) is 0 Å². The minimum atomic E-state index is -1.00. The van der Waals surface area contributed by atoms with Gasteiger partial charge in [-0.1, -0.05) is 31.4 Å². The molecule has 2 heterocycles. The molecule has 132 valence electrons. The van der Waals surface area contributed by atoms with Gasteiger partial charge >= 0.3 is 0 Å². The van der Waals surface area contributed by atoms with E-state index >= 15 is 0 Å². The molecular weight excluding hydrogens is 328 g/mol. The summed E-state index contributed by atoms with van der Waals surface area (Å²) in [5, 5.41) is 9.63. The highest BCUT2D eigenvalue weighted by Crippen LogP contribution is 2.32. The second-order valence-corrected chi connectivity index (χ2v) is 6.85. The maximum atomic E-state index is 12.9. The topological polar surface area (TPSA) is 84.7 Å². The number of rotatable bonds is 4. The van der Waals surface area contributed by atoms with E-state index in [2.05, 4.69) is 16.0 Å². The molecule has 6 nitrogen and oxygen atoms in total. The summed E-state index contributed by atoms with van der Waals surface area (Å²) in [7, 11) is 1.82. The summed E-state index contributed by atoms with van der Waals surface area (Å²) in [6.07, 6.45) is 7.04. The third-order valence-corrected chi connectivity index (χ3v) is 5.20. The Bertz CT molecular complexity index is 989. The van der Waals surface area contributed by atoms with Crippen LogP contribution in [0.2, 0.25) is 0 Å². The molecule has 0 bridgehead atoms. The van der Waals surface area contributed by atoms with Crippen molar-refractivity contribution in [1.82, 2.24) is 14.5 Å². The number of fused-ring (bicyclic) bond motifs is 1. The van der Waals surface area contributed by atoms with Gasteiger partial charge in [0.15, 0.2) is 11.8 Å². The zero-order valence-electron chi connectivity index (χ0n) is 14.7. The van der Waals surface area contributed by atoms with Crippen LogP contribution in [-0.4, -0.2) is 20.3 Å². The fourth-order valence-corrected chi connectivity index (χ4v) is 3.74. The third-order valence-electron chi connectivity index (χ3n) is 5.20. The highest BCUT2D eigenvalue weighted by molar-refractivity contribution is 6.01. The molecule has 1 aliphatic rings. The van der Waals surface area contributed by atoms with E-state index in [4.69, 9.17) is 4.42 Å². The number of hydrogen-bond donors (Lipinski definition) is 0. The number of oxazole rings is 1. The van der Waals surface area contributed by atoms with E-state index in [1.54, 1.807) is 4.57 Å². The third kappa shape index (κ3) is 2.80. The molecule has 0 aliphatic heterocycles. The van der Waals surface area contributed by atoms with E-state index in [9.17, 15) is 10.1 Å². The van der Waals surface area contributed by atoms with Crippen LogP contribution in [0.15, 0.2) is 34.9 Å². The Morgan fingerprint density at radius 2 is 2.04 bits per heavy atom. The molecule has 0 saturated heterocycles. The maximum absolute atomic E-state index is 12.9. The number of para-hydroxylation sites is 2. The Morgan fingerprint density at radius 1 is 1.27 bits per heavy atom. The van der Waals surface area contributed by atoms with Crippen molar-refractivity contribution in [2.75, 3.05) is 0 Å². The summed E-state index contributed by atoms with van der Waals surface area (Å²) in [6.45, 7) is 0. The Kier molecular flexibility index (Phi) is 4.29. The Hall–Kier alpha value is -2.94. The molecule has 1 aromatic carbocycles. The van der Waals surface area contributed by atoms with E-state index in [0.717, 1.165) is 36.7 Å². The van der Waals surface area contributed by atoms with Crippen molar-refractivity contribution in [1.29, 1.82) is 5.26 Å². The number of benzene rings is 1. The fraction of sp³-hybridized carbons (Fsp3) is 0.400. The van der Waals surface area contributed by atoms with Gasteiger partial charge in [0.05, 0.1) is 17.1 Å². The van der Waals surface area contributed by atoms with Crippen LogP contribution in [0, 0.1) is 11.3 Å². The number of ketones is 1. The SMILES string of the molecule is Cn1c(C(C#N)C(=O)c2coc(C3CCCCC3)n2)nc2ccccc21. The zero-order valence-corrected chi connectivity index (χ0v) is 14.7. The van der Waals surface area contributed by atoms with Crippen molar-refractivity contribution in [2.45, 2.75) is 43.9 Å². The van der Waals surface area contributed by atoms with Crippen LogP contribution in [0.1, 0.15) is 66.1 Å². The van der Waals surface area contributed by atoms with Crippen molar-refractivity contribution < 1.29 is 9.21 Å². The van der Waals surface area contributed by atoms with Gasteiger partial charge in [-0.05, 0) is 25.0 Å². The Morgan fingerprint density at radius 3 is 2.77 bits per heavy atom. The number of nitrogens with zero attached hydrogens (tertiary/aromatic N) is 4. The van der Waals surface area contributed by atoms with Crippen molar-refractivity contribution in [2.24, 2.45) is 7.05 Å². The molecule has 1 saturated carbocycles. The van der Waals surface area contributed by atoms with Crippen LogP contribution in [0.25, 0.3) is 11.0 Å². The van der Waals surface area contributed by atoms with Gasteiger partial charge in [0.2, 0.25) is 5.78 Å². The molecule has 1 aliphatic carbocycles. The first-order chi connectivity index (χ1) is 12.7. The molecule has 1 unspecified atom stereocenters. The Labute approximate surface area is 151 Å². The second-order valence-electron chi connectivity index (χ2n) is 6.85. The summed E-state index contributed by atoms with van der Waals surface area (Å²) >= 11 is 0. The molecule has 1 fully saturated rings. The van der Waals surface area contributed by atoms with Gasteiger partial charge in [0, 0.05) is 13.0 Å². The predicted molar refractivity (Wildman–Crippen MR) is 95.7 cm³/mol. The summed E-state index contributed by atoms with van der Waals surface area (Å²) in [5.74, 6) is -0.0364. The number of carbonyl (C=O) groups excluding carboxylic acids is 1. The Balaban J connectivity index is 1.64. The van der Waals surface area contributed by atoms with E-state index in [1.165, 1.54) is 12.7 Å². The van der Waals surface area contributed by atoms with E-state index < -0.39 is 5.92 Å². The molecule has 1 atom stereocenters. The number of carbonyl (C=O) groups is 1. The first-order valence-corrected chi connectivity index (χ1v) is 8.99. The first-order valence-electron chi connectivity index (χ1n) is 8.99. The predicted octanol–water partition coefficient (Wildman–Crippen LogP) is 4.10. The normalized spacial score (nSPS) is 16.5. The van der Waals surface area contributed by atoms with Crippen LogP contribution >= 0.6 is 0 Å². The second kappa shape index (κ2) is 6.75. The smallest absolute Gasteiger partial charge is 0.209 e. The number of nitriles is 1. The van der Waals surface area contributed by atoms with Gasteiger partial charge in [0.25, 0.3) is 0 Å².